The molecule has 10 heteroatoms. The summed E-state index contributed by atoms with van der Waals surface area (Å²) in [7, 11) is 0. The molecular formula is C34H26O10. The summed E-state index contributed by atoms with van der Waals surface area (Å²) in [6.45, 7) is 6.95. The summed E-state index contributed by atoms with van der Waals surface area (Å²) >= 11 is 0. The Morgan fingerprint density at radius 3 is 1.39 bits per heavy atom. The van der Waals surface area contributed by atoms with Crippen LogP contribution in [0, 0.1) is 0 Å². The van der Waals surface area contributed by atoms with Gasteiger partial charge in [0, 0.05) is 12.2 Å². The van der Waals surface area contributed by atoms with Crippen LogP contribution in [0.3, 0.4) is 0 Å². The number of esters is 4. The van der Waals surface area contributed by atoms with Gasteiger partial charge in [-0.05, 0) is 70.1 Å². The average molecular weight is 595 g/mol. The Morgan fingerprint density at radius 1 is 0.591 bits per heavy atom. The van der Waals surface area contributed by atoms with Crippen LogP contribution in [0.15, 0.2) is 98.1 Å². The molecular weight excluding hydrogens is 568 g/mol. The van der Waals surface area contributed by atoms with Gasteiger partial charge < -0.3 is 28.4 Å². The summed E-state index contributed by atoms with van der Waals surface area (Å²) in [6.07, 6.45) is -0.388. The number of carbonyl (C=O) groups is 4. The molecule has 0 amide bonds. The molecule has 0 N–H and O–H groups in total. The van der Waals surface area contributed by atoms with Gasteiger partial charge in [-0.1, -0.05) is 37.4 Å². The topological polar surface area (TPSA) is 124 Å². The van der Waals surface area contributed by atoms with Crippen LogP contribution in [-0.2, 0) is 28.5 Å². The molecule has 0 aromatic heterocycles. The SMILES string of the molecule is C=CC(=O)Oc1ccc2cc(C(=O)O[C@H]3COC4C3OC[C@H]4OC(=O)c3ccc4cc(OC(=O)C=C)ccc4c3)ccc2c1. The second-order valence-electron chi connectivity index (χ2n) is 10.2. The maximum Gasteiger partial charge on any atom is 0.338 e. The molecule has 0 radical (unpaired) electrons. The molecule has 4 atom stereocenters. The lowest BCUT2D eigenvalue weighted by Crippen LogP contribution is -2.36. The van der Waals surface area contributed by atoms with Crippen molar-refractivity contribution in [3.8, 4) is 11.5 Å². The van der Waals surface area contributed by atoms with Gasteiger partial charge in [-0.25, -0.2) is 19.2 Å². The molecule has 0 saturated carbocycles. The molecule has 0 spiro atoms. The van der Waals surface area contributed by atoms with Crippen molar-refractivity contribution in [1.82, 2.24) is 0 Å². The van der Waals surface area contributed by atoms with Gasteiger partial charge in [-0.3, -0.25) is 0 Å². The highest BCUT2D eigenvalue weighted by Gasteiger charge is 2.51. The molecule has 2 fully saturated rings. The van der Waals surface area contributed by atoms with Crippen LogP contribution in [0.4, 0.5) is 0 Å². The minimum absolute atomic E-state index is 0.0927. The van der Waals surface area contributed by atoms with Crippen LogP contribution >= 0.6 is 0 Å². The molecule has 2 aliphatic heterocycles. The van der Waals surface area contributed by atoms with Crippen LogP contribution in [0.2, 0.25) is 0 Å². The molecule has 10 nitrogen and oxygen atoms in total. The second kappa shape index (κ2) is 12.1. The monoisotopic (exact) mass is 594 g/mol. The highest BCUT2D eigenvalue weighted by atomic mass is 16.7. The summed E-state index contributed by atoms with van der Waals surface area (Å²) in [4.78, 5) is 48.9. The molecule has 4 aromatic rings. The maximum absolute atomic E-state index is 13.0. The Hall–Kier alpha value is -5.32. The van der Waals surface area contributed by atoms with Gasteiger partial charge >= 0.3 is 23.9 Å². The van der Waals surface area contributed by atoms with Gasteiger partial charge in [0.15, 0.2) is 12.2 Å². The van der Waals surface area contributed by atoms with Gasteiger partial charge in [0.25, 0.3) is 0 Å². The minimum Gasteiger partial charge on any atom is -0.453 e. The second-order valence-corrected chi connectivity index (χ2v) is 10.2. The van der Waals surface area contributed by atoms with Crippen molar-refractivity contribution in [3.63, 3.8) is 0 Å². The first-order valence-corrected chi connectivity index (χ1v) is 13.7. The molecule has 2 aliphatic rings. The normalized spacial score (nSPS) is 20.5. The Bertz CT molecular complexity index is 1690. The summed E-state index contributed by atoms with van der Waals surface area (Å²) in [5.41, 5.74) is 0.667. The number of benzene rings is 4. The van der Waals surface area contributed by atoms with Crippen molar-refractivity contribution in [1.29, 1.82) is 0 Å². The molecule has 44 heavy (non-hydrogen) atoms. The third-order valence-electron chi connectivity index (χ3n) is 7.34. The average Bonchev–Trinajstić information content (AvgIpc) is 3.63. The largest absolute Gasteiger partial charge is 0.453 e. The lowest BCUT2D eigenvalue weighted by Gasteiger charge is -2.17. The number of ether oxygens (including phenoxy) is 6. The van der Waals surface area contributed by atoms with E-state index in [0.29, 0.717) is 22.6 Å². The standard InChI is InChI=1S/C34H26O10/c1-3-29(35)41-25-11-9-19-13-23(7-5-21(19)15-25)33(37)43-27-17-39-32-28(18-40-31(27)32)44-34(38)24-8-6-22-16-26(42-30(36)4-2)12-10-20(22)14-24/h3-16,27-28,31-32H,1-2,17-18H2/t27-,28+,31?,32?. The van der Waals surface area contributed by atoms with Crippen molar-refractivity contribution in [2.45, 2.75) is 24.4 Å². The first-order chi connectivity index (χ1) is 21.3. The van der Waals surface area contributed by atoms with Gasteiger partial charge in [0.05, 0.1) is 24.3 Å². The van der Waals surface area contributed by atoms with E-state index in [2.05, 4.69) is 13.2 Å². The van der Waals surface area contributed by atoms with E-state index in [-0.39, 0.29) is 13.2 Å². The lowest BCUT2D eigenvalue weighted by molar-refractivity contribution is -0.129. The zero-order chi connectivity index (χ0) is 30.8. The molecule has 222 valence electrons. The van der Waals surface area contributed by atoms with Crippen LogP contribution in [0.25, 0.3) is 21.5 Å². The molecule has 0 aliphatic carbocycles. The maximum atomic E-state index is 13.0. The predicted octanol–water partition coefficient (Wildman–Crippen LogP) is 4.72. The Kier molecular flexibility index (Phi) is 7.93. The quantitative estimate of drug-likeness (QED) is 0.161. The van der Waals surface area contributed by atoms with E-state index >= 15 is 0 Å². The molecule has 2 saturated heterocycles. The molecule has 6 rings (SSSR count). The summed E-state index contributed by atoms with van der Waals surface area (Å²) in [6, 6.07) is 20.2. The first-order valence-electron chi connectivity index (χ1n) is 13.7. The van der Waals surface area contributed by atoms with Gasteiger partial charge in [0.1, 0.15) is 23.7 Å². The van der Waals surface area contributed by atoms with E-state index in [0.717, 1.165) is 33.7 Å². The van der Waals surface area contributed by atoms with Crippen molar-refractivity contribution < 1.29 is 47.6 Å². The minimum atomic E-state index is -0.683. The molecule has 2 heterocycles. The van der Waals surface area contributed by atoms with Gasteiger partial charge in [-0.2, -0.15) is 0 Å². The molecule has 2 unspecified atom stereocenters. The van der Waals surface area contributed by atoms with Crippen molar-refractivity contribution in [2.24, 2.45) is 0 Å². The molecule has 0 bridgehead atoms. The van der Waals surface area contributed by atoms with E-state index in [9.17, 15) is 19.2 Å². The van der Waals surface area contributed by atoms with Crippen LogP contribution in [0.5, 0.6) is 11.5 Å². The summed E-state index contributed by atoms with van der Waals surface area (Å²) < 4.78 is 33.5. The van der Waals surface area contributed by atoms with Gasteiger partial charge in [-0.15, -0.1) is 0 Å². The number of hydrogen-bond donors (Lipinski definition) is 0. The fraction of sp³-hybridized carbons (Fsp3) is 0.176. The van der Waals surface area contributed by atoms with E-state index in [4.69, 9.17) is 28.4 Å². The summed E-state index contributed by atoms with van der Waals surface area (Å²) in [5, 5.41) is 3.06. The number of rotatable bonds is 8. The van der Waals surface area contributed by atoms with Crippen molar-refractivity contribution in [3.05, 3.63) is 109 Å². The van der Waals surface area contributed by atoms with Crippen molar-refractivity contribution in [2.75, 3.05) is 13.2 Å². The van der Waals surface area contributed by atoms with E-state index in [1.807, 2.05) is 0 Å². The first kappa shape index (κ1) is 28.8. The zero-order valence-electron chi connectivity index (χ0n) is 23.3. The fourth-order valence-electron chi connectivity index (χ4n) is 5.19. The predicted molar refractivity (Wildman–Crippen MR) is 157 cm³/mol. The smallest absolute Gasteiger partial charge is 0.338 e. The third kappa shape index (κ3) is 5.94. The van der Waals surface area contributed by atoms with E-state index in [1.54, 1.807) is 72.8 Å². The van der Waals surface area contributed by atoms with Crippen molar-refractivity contribution >= 4 is 45.4 Å². The Labute approximate surface area is 251 Å². The summed E-state index contributed by atoms with van der Waals surface area (Å²) in [5.74, 6) is -1.50. The van der Waals surface area contributed by atoms with Crippen LogP contribution < -0.4 is 9.47 Å². The number of fused-ring (bicyclic) bond motifs is 3. The van der Waals surface area contributed by atoms with Gasteiger partial charge in [0.2, 0.25) is 0 Å². The highest BCUT2D eigenvalue weighted by molar-refractivity contribution is 5.97. The van der Waals surface area contributed by atoms with Crippen LogP contribution in [-0.4, -0.2) is 61.5 Å². The number of carbonyl (C=O) groups excluding carboxylic acids is 4. The van der Waals surface area contributed by atoms with Crippen LogP contribution in [0.1, 0.15) is 20.7 Å². The number of hydrogen-bond acceptors (Lipinski definition) is 10. The fourth-order valence-corrected chi connectivity index (χ4v) is 5.19. The lowest BCUT2D eigenvalue weighted by atomic mass is 10.1. The zero-order valence-corrected chi connectivity index (χ0v) is 23.3. The Balaban J connectivity index is 1.07. The highest BCUT2D eigenvalue weighted by Crippen LogP contribution is 2.32. The van der Waals surface area contributed by atoms with E-state index in [1.165, 1.54) is 0 Å². The molecule has 4 aromatic carbocycles. The van der Waals surface area contributed by atoms with E-state index < -0.39 is 48.3 Å². The Morgan fingerprint density at radius 2 is 0.977 bits per heavy atom. The third-order valence-corrected chi connectivity index (χ3v) is 7.34.